The normalized spacial score (nSPS) is 20.2. The number of carbonyl (C=O) groups excluding carboxylic acids is 1. The van der Waals surface area contributed by atoms with Crippen molar-refractivity contribution in [2.24, 2.45) is 0 Å². The van der Waals surface area contributed by atoms with Crippen LogP contribution in [0, 0.1) is 0 Å². The third-order valence-corrected chi connectivity index (χ3v) is 2.73. The Bertz CT molecular complexity index is 481. The van der Waals surface area contributed by atoms with Crippen LogP contribution in [0.15, 0.2) is 18.2 Å². The highest BCUT2D eigenvalue weighted by Crippen LogP contribution is 2.46. The number of benzene rings is 1. The van der Waals surface area contributed by atoms with Crippen molar-refractivity contribution in [3.8, 4) is 17.2 Å². The lowest BCUT2D eigenvalue weighted by Gasteiger charge is -2.23. The molecule has 2 rings (SSSR count). The van der Waals surface area contributed by atoms with Gasteiger partial charge in [-0.2, -0.15) is 0 Å². The van der Waals surface area contributed by atoms with E-state index in [2.05, 4.69) is 5.32 Å². The molecular formula is C12H14ClNO5. The number of hydrogen-bond donors (Lipinski definition) is 1. The number of fused-ring (bicyclic) bond motifs is 1. The molecule has 0 radical (unpaired) electrons. The summed E-state index contributed by atoms with van der Waals surface area (Å²) < 4.78 is 21.6. The molecule has 0 fully saturated rings. The van der Waals surface area contributed by atoms with Crippen molar-refractivity contribution in [1.82, 2.24) is 5.32 Å². The van der Waals surface area contributed by atoms with Crippen molar-refractivity contribution in [2.75, 3.05) is 19.5 Å². The highest BCUT2D eigenvalue weighted by atomic mass is 35.5. The van der Waals surface area contributed by atoms with Crippen LogP contribution in [-0.4, -0.2) is 31.6 Å². The third-order valence-electron chi connectivity index (χ3n) is 2.40. The predicted octanol–water partition coefficient (Wildman–Crippen LogP) is 2.11. The summed E-state index contributed by atoms with van der Waals surface area (Å²) >= 11 is 5.82. The Morgan fingerprint density at radius 2 is 2.26 bits per heavy atom. The van der Waals surface area contributed by atoms with E-state index in [1.54, 1.807) is 25.1 Å². The number of amides is 1. The van der Waals surface area contributed by atoms with Gasteiger partial charge in [0.2, 0.25) is 5.75 Å². The van der Waals surface area contributed by atoms with Crippen molar-refractivity contribution in [3.63, 3.8) is 0 Å². The second-order valence-corrected chi connectivity index (χ2v) is 3.94. The van der Waals surface area contributed by atoms with Gasteiger partial charge < -0.3 is 24.3 Å². The van der Waals surface area contributed by atoms with Crippen LogP contribution in [0.3, 0.4) is 0 Å². The van der Waals surface area contributed by atoms with E-state index in [1.807, 2.05) is 0 Å². The first-order valence-corrected chi connectivity index (χ1v) is 6.28. The minimum Gasteiger partial charge on any atom is -0.425 e. The lowest BCUT2D eigenvalue weighted by molar-refractivity contribution is -0.263. The minimum atomic E-state index is -1.37. The standard InChI is InChI=1S/C12H14ClNO5/c1-3-16-12(7-13)18-9-6-4-5-8(10(9)19-12)17-11(15)14-2/h4-6H,3,7H2,1-2H3,(H,14,15). The van der Waals surface area contributed by atoms with Crippen molar-refractivity contribution in [2.45, 2.75) is 12.9 Å². The van der Waals surface area contributed by atoms with Gasteiger partial charge in [0.15, 0.2) is 11.5 Å². The zero-order valence-electron chi connectivity index (χ0n) is 10.6. The number of hydrogen-bond acceptors (Lipinski definition) is 5. The molecule has 1 aromatic rings. The van der Waals surface area contributed by atoms with Gasteiger partial charge in [-0.15, -0.1) is 11.6 Å². The van der Waals surface area contributed by atoms with E-state index in [0.717, 1.165) is 0 Å². The lowest BCUT2D eigenvalue weighted by Crippen LogP contribution is -2.43. The first kappa shape index (κ1) is 13.8. The fourth-order valence-corrected chi connectivity index (χ4v) is 1.81. The monoisotopic (exact) mass is 287 g/mol. The molecule has 1 aliphatic rings. The summed E-state index contributed by atoms with van der Waals surface area (Å²) in [5, 5.41) is 2.35. The number of nitrogens with one attached hydrogen (secondary N) is 1. The van der Waals surface area contributed by atoms with E-state index in [0.29, 0.717) is 18.1 Å². The first-order chi connectivity index (χ1) is 9.14. The SMILES string of the molecule is CCOC1(CCl)Oc2cccc(OC(=O)NC)c2O1. The van der Waals surface area contributed by atoms with Crippen LogP contribution < -0.4 is 19.5 Å². The Morgan fingerprint density at radius 1 is 1.47 bits per heavy atom. The molecular weight excluding hydrogens is 274 g/mol. The number of halogens is 1. The first-order valence-electron chi connectivity index (χ1n) is 5.74. The third kappa shape index (κ3) is 2.69. The van der Waals surface area contributed by atoms with Gasteiger partial charge in [-0.05, 0) is 19.1 Å². The summed E-state index contributed by atoms with van der Waals surface area (Å²) in [6.45, 7) is 2.16. The van der Waals surface area contributed by atoms with E-state index in [1.165, 1.54) is 7.05 Å². The molecule has 6 nitrogen and oxygen atoms in total. The van der Waals surface area contributed by atoms with Gasteiger partial charge in [0.1, 0.15) is 5.88 Å². The molecule has 1 amide bonds. The Kier molecular flexibility index (Phi) is 4.01. The maximum absolute atomic E-state index is 11.3. The molecule has 0 aromatic heterocycles. The van der Waals surface area contributed by atoms with Crippen LogP contribution in [0.4, 0.5) is 4.79 Å². The number of carbonyl (C=O) groups is 1. The summed E-state index contributed by atoms with van der Waals surface area (Å²) in [4.78, 5) is 11.3. The molecule has 1 atom stereocenters. The lowest BCUT2D eigenvalue weighted by atomic mass is 10.3. The summed E-state index contributed by atoms with van der Waals surface area (Å²) in [5.74, 6) is -0.449. The van der Waals surface area contributed by atoms with E-state index in [9.17, 15) is 4.79 Å². The van der Waals surface area contributed by atoms with Crippen molar-refractivity contribution in [3.05, 3.63) is 18.2 Å². The minimum absolute atomic E-state index is 0.0189. The van der Waals surface area contributed by atoms with Crippen LogP contribution >= 0.6 is 11.6 Å². The molecule has 0 saturated carbocycles. The fourth-order valence-electron chi connectivity index (χ4n) is 1.62. The smallest absolute Gasteiger partial charge is 0.412 e. The predicted molar refractivity (Wildman–Crippen MR) is 67.9 cm³/mol. The number of rotatable bonds is 4. The topological polar surface area (TPSA) is 66.0 Å². The zero-order chi connectivity index (χ0) is 13.9. The van der Waals surface area contributed by atoms with Crippen molar-refractivity contribution < 1.29 is 23.7 Å². The second kappa shape index (κ2) is 5.54. The Labute approximate surface area is 115 Å². The van der Waals surface area contributed by atoms with Gasteiger partial charge in [-0.1, -0.05) is 6.07 Å². The molecule has 0 bridgehead atoms. The largest absolute Gasteiger partial charge is 0.425 e. The molecule has 1 aromatic carbocycles. The summed E-state index contributed by atoms with van der Waals surface area (Å²) in [6, 6.07) is 4.95. The molecule has 19 heavy (non-hydrogen) atoms. The summed E-state index contributed by atoms with van der Waals surface area (Å²) in [7, 11) is 1.46. The quantitative estimate of drug-likeness (QED) is 0.859. The maximum Gasteiger partial charge on any atom is 0.412 e. The van der Waals surface area contributed by atoms with Gasteiger partial charge in [-0.25, -0.2) is 4.79 Å². The van der Waals surface area contributed by atoms with E-state index in [-0.39, 0.29) is 11.6 Å². The van der Waals surface area contributed by atoms with Crippen LogP contribution in [0.25, 0.3) is 0 Å². The Morgan fingerprint density at radius 3 is 2.89 bits per heavy atom. The maximum atomic E-state index is 11.3. The number of para-hydroxylation sites is 1. The zero-order valence-corrected chi connectivity index (χ0v) is 11.3. The van der Waals surface area contributed by atoms with Crippen LogP contribution in [-0.2, 0) is 4.74 Å². The van der Waals surface area contributed by atoms with Crippen LogP contribution in [0.2, 0.25) is 0 Å². The molecule has 0 aliphatic carbocycles. The molecule has 104 valence electrons. The van der Waals surface area contributed by atoms with E-state index in [4.69, 9.17) is 30.5 Å². The fraction of sp³-hybridized carbons (Fsp3) is 0.417. The molecule has 1 N–H and O–H groups in total. The number of ether oxygens (including phenoxy) is 4. The molecule has 1 heterocycles. The van der Waals surface area contributed by atoms with E-state index < -0.39 is 12.1 Å². The Hall–Kier alpha value is -1.66. The average molecular weight is 288 g/mol. The van der Waals surface area contributed by atoms with E-state index >= 15 is 0 Å². The number of alkyl halides is 1. The molecule has 7 heteroatoms. The van der Waals surface area contributed by atoms with Gasteiger partial charge in [0.25, 0.3) is 0 Å². The Balaban J connectivity index is 2.27. The van der Waals surface area contributed by atoms with Crippen molar-refractivity contribution in [1.29, 1.82) is 0 Å². The molecule has 1 aliphatic heterocycles. The van der Waals surface area contributed by atoms with Gasteiger partial charge in [0, 0.05) is 7.05 Å². The second-order valence-electron chi connectivity index (χ2n) is 3.68. The van der Waals surface area contributed by atoms with Crippen LogP contribution in [0.1, 0.15) is 6.92 Å². The highest BCUT2D eigenvalue weighted by molar-refractivity contribution is 6.18. The molecule has 0 spiro atoms. The van der Waals surface area contributed by atoms with Gasteiger partial charge in [-0.3, -0.25) is 0 Å². The van der Waals surface area contributed by atoms with Gasteiger partial charge >= 0.3 is 12.1 Å². The highest BCUT2D eigenvalue weighted by Gasteiger charge is 2.44. The molecule has 0 saturated heterocycles. The van der Waals surface area contributed by atoms with Crippen LogP contribution in [0.5, 0.6) is 17.2 Å². The van der Waals surface area contributed by atoms with Crippen molar-refractivity contribution >= 4 is 17.7 Å². The average Bonchev–Trinajstić information content (AvgIpc) is 2.79. The van der Waals surface area contributed by atoms with Gasteiger partial charge in [0.05, 0.1) is 6.61 Å². The summed E-state index contributed by atoms with van der Waals surface area (Å²) in [6.07, 6.45) is -0.600. The molecule has 1 unspecified atom stereocenters. The summed E-state index contributed by atoms with van der Waals surface area (Å²) in [5.41, 5.74) is 0.